The number of ether oxygens (including phenoxy) is 4. The number of amides is 1. The van der Waals surface area contributed by atoms with Gasteiger partial charge in [-0.1, -0.05) is 23.2 Å². The number of nitrogens with zero attached hydrogens (tertiary/aromatic N) is 1. The quantitative estimate of drug-likeness (QED) is 0.369. The number of nitro groups is 1. The molecule has 0 aliphatic carbocycles. The summed E-state index contributed by atoms with van der Waals surface area (Å²) >= 11 is 11.7. The van der Waals surface area contributed by atoms with E-state index in [1.54, 1.807) is 0 Å². The molecule has 1 aliphatic heterocycles. The summed E-state index contributed by atoms with van der Waals surface area (Å²) in [6, 6.07) is 6.92. The standard InChI is InChI=1S/C19H16Cl2N2O8/c20-11-2-3-15(12(21)6-11)30-10-19(25)31-9-18(24)22-13-7-16-17(8-14(13)23(26)27)29-5-1-4-28-16/h2-3,6-8H,1,4-5,9-10H2,(H,22,24). The number of hydrogen-bond acceptors (Lipinski definition) is 8. The highest BCUT2D eigenvalue weighted by atomic mass is 35.5. The number of carbonyl (C=O) groups is 2. The fourth-order valence-corrected chi connectivity index (χ4v) is 3.02. The summed E-state index contributed by atoms with van der Waals surface area (Å²) < 4.78 is 20.9. The molecule has 2 aromatic rings. The first kappa shape index (κ1) is 22.4. The van der Waals surface area contributed by atoms with Crippen molar-refractivity contribution in [1.29, 1.82) is 0 Å². The van der Waals surface area contributed by atoms with Crippen molar-refractivity contribution in [3.8, 4) is 17.2 Å². The molecule has 0 bridgehead atoms. The van der Waals surface area contributed by atoms with E-state index in [-0.39, 0.29) is 33.6 Å². The van der Waals surface area contributed by atoms with Crippen molar-refractivity contribution in [3.63, 3.8) is 0 Å². The molecule has 0 spiro atoms. The number of hydrogen-bond donors (Lipinski definition) is 1. The highest BCUT2D eigenvalue weighted by Crippen LogP contribution is 2.39. The first-order valence-electron chi connectivity index (χ1n) is 8.95. The van der Waals surface area contributed by atoms with E-state index in [0.29, 0.717) is 24.7 Å². The van der Waals surface area contributed by atoms with E-state index < -0.39 is 30.0 Å². The fourth-order valence-electron chi connectivity index (χ4n) is 2.55. The molecule has 3 rings (SSSR count). The van der Waals surface area contributed by atoms with Crippen molar-refractivity contribution in [2.24, 2.45) is 0 Å². The monoisotopic (exact) mass is 470 g/mol. The number of nitrogens with one attached hydrogen (secondary N) is 1. The van der Waals surface area contributed by atoms with Gasteiger partial charge >= 0.3 is 5.97 Å². The van der Waals surface area contributed by atoms with Crippen molar-refractivity contribution in [3.05, 3.63) is 50.5 Å². The maximum Gasteiger partial charge on any atom is 0.344 e. The van der Waals surface area contributed by atoms with Crippen molar-refractivity contribution < 1.29 is 33.5 Å². The Kier molecular flexibility index (Phi) is 7.37. The molecule has 0 aromatic heterocycles. The number of nitro benzene ring substituents is 1. The Labute approximate surface area is 186 Å². The number of carbonyl (C=O) groups excluding carboxylic acids is 2. The first-order valence-corrected chi connectivity index (χ1v) is 9.70. The molecule has 12 heteroatoms. The topological polar surface area (TPSA) is 126 Å². The predicted molar refractivity (Wildman–Crippen MR) is 110 cm³/mol. The van der Waals surface area contributed by atoms with Gasteiger partial charge in [-0.3, -0.25) is 14.9 Å². The van der Waals surface area contributed by atoms with Crippen LogP contribution in [0.25, 0.3) is 0 Å². The van der Waals surface area contributed by atoms with E-state index in [1.807, 2.05) is 0 Å². The van der Waals surface area contributed by atoms with Crippen LogP contribution in [0.4, 0.5) is 11.4 Å². The molecule has 2 aromatic carbocycles. The number of rotatable bonds is 7. The third kappa shape index (κ3) is 6.12. The molecule has 0 fully saturated rings. The van der Waals surface area contributed by atoms with Gasteiger partial charge in [0, 0.05) is 17.5 Å². The Morgan fingerprint density at radius 3 is 2.48 bits per heavy atom. The Hall–Kier alpha value is -3.24. The Morgan fingerprint density at radius 1 is 1.10 bits per heavy atom. The van der Waals surface area contributed by atoms with Crippen LogP contribution < -0.4 is 19.5 Å². The van der Waals surface area contributed by atoms with E-state index in [0.717, 1.165) is 0 Å². The van der Waals surface area contributed by atoms with E-state index in [4.69, 9.17) is 42.1 Å². The average molecular weight is 471 g/mol. The van der Waals surface area contributed by atoms with Crippen LogP contribution >= 0.6 is 23.2 Å². The average Bonchev–Trinajstić information content (AvgIpc) is 2.95. The number of benzene rings is 2. The van der Waals surface area contributed by atoms with Gasteiger partial charge in [0.2, 0.25) is 0 Å². The SMILES string of the molecule is O=C(COC(=O)COc1ccc(Cl)cc1Cl)Nc1cc2c(cc1[N+](=O)[O-])OCCCO2. The lowest BCUT2D eigenvalue weighted by Gasteiger charge is -2.12. The van der Waals surface area contributed by atoms with Crippen LogP contribution in [0, 0.1) is 10.1 Å². The lowest BCUT2D eigenvalue weighted by Crippen LogP contribution is -2.24. The zero-order valence-electron chi connectivity index (χ0n) is 15.9. The molecule has 164 valence electrons. The van der Waals surface area contributed by atoms with Crippen molar-refractivity contribution >= 4 is 46.5 Å². The van der Waals surface area contributed by atoms with E-state index in [9.17, 15) is 19.7 Å². The van der Waals surface area contributed by atoms with Gasteiger partial charge in [0.25, 0.3) is 11.6 Å². The Bertz CT molecular complexity index is 1010. The molecule has 1 N–H and O–H groups in total. The summed E-state index contributed by atoms with van der Waals surface area (Å²) in [7, 11) is 0. The molecule has 0 radical (unpaired) electrons. The Balaban J connectivity index is 1.57. The van der Waals surface area contributed by atoms with Crippen molar-refractivity contribution in [2.75, 3.05) is 31.7 Å². The zero-order valence-corrected chi connectivity index (χ0v) is 17.4. The summed E-state index contributed by atoms with van der Waals surface area (Å²) in [5.41, 5.74) is -0.496. The van der Waals surface area contributed by atoms with Crippen LogP contribution in [-0.4, -0.2) is 43.2 Å². The molecular formula is C19H16Cl2N2O8. The molecule has 31 heavy (non-hydrogen) atoms. The normalized spacial score (nSPS) is 12.5. The minimum Gasteiger partial charge on any atom is -0.489 e. The first-order chi connectivity index (χ1) is 14.8. The van der Waals surface area contributed by atoms with Crippen LogP contribution in [-0.2, 0) is 14.3 Å². The van der Waals surface area contributed by atoms with Gasteiger partial charge in [0.15, 0.2) is 24.7 Å². The molecule has 1 amide bonds. The lowest BCUT2D eigenvalue weighted by molar-refractivity contribution is -0.384. The van der Waals surface area contributed by atoms with Gasteiger partial charge in [-0.05, 0) is 18.2 Å². The third-order valence-corrected chi connectivity index (χ3v) is 4.47. The molecule has 0 atom stereocenters. The van der Waals surface area contributed by atoms with Gasteiger partial charge in [-0.25, -0.2) is 4.79 Å². The van der Waals surface area contributed by atoms with Gasteiger partial charge in [0.05, 0.1) is 29.2 Å². The number of fused-ring (bicyclic) bond motifs is 1. The smallest absolute Gasteiger partial charge is 0.344 e. The largest absolute Gasteiger partial charge is 0.489 e. The summed E-state index contributed by atoms with van der Waals surface area (Å²) in [5, 5.41) is 14.3. The lowest BCUT2D eigenvalue weighted by atomic mass is 10.2. The molecule has 10 nitrogen and oxygen atoms in total. The van der Waals surface area contributed by atoms with E-state index >= 15 is 0 Å². The van der Waals surface area contributed by atoms with Crippen molar-refractivity contribution in [1.82, 2.24) is 0 Å². The zero-order chi connectivity index (χ0) is 22.4. The predicted octanol–water partition coefficient (Wildman–Crippen LogP) is 3.62. The number of esters is 1. The van der Waals surface area contributed by atoms with Gasteiger partial charge < -0.3 is 24.3 Å². The maximum absolute atomic E-state index is 12.1. The second kappa shape index (κ2) is 10.2. The minimum atomic E-state index is -0.839. The highest BCUT2D eigenvalue weighted by molar-refractivity contribution is 6.35. The highest BCUT2D eigenvalue weighted by Gasteiger charge is 2.23. The molecule has 0 saturated heterocycles. The van der Waals surface area contributed by atoms with Gasteiger partial charge in [-0.2, -0.15) is 0 Å². The van der Waals surface area contributed by atoms with Crippen molar-refractivity contribution in [2.45, 2.75) is 6.42 Å². The molecule has 1 aliphatic rings. The number of halogens is 2. The summed E-state index contributed by atoms with van der Waals surface area (Å²) in [5.74, 6) is -0.921. The molecule has 0 unspecified atom stereocenters. The Morgan fingerprint density at radius 2 is 1.81 bits per heavy atom. The van der Waals surface area contributed by atoms with Crippen LogP contribution in [0.3, 0.4) is 0 Å². The second-order valence-corrected chi connectivity index (χ2v) is 7.04. The summed E-state index contributed by atoms with van der Waals surface area (Å²) in [6.07, 6.45) is 0.615. The molecule has 0 saturated carbocycles. The van der Waals surface area contributed by atoms with Crippen LogP contribution in [0.15, 0.2) is 30.3 Å². The van der Waals surface area contributed by atoms with Crippen LogP contribution in [0.2, 0.25) is 10.0 Å². The van der Waals surface area contributed by atoms with Crippen LogP contribution in [0.1, 0.15) is 6.42 Å². The van der Waals surface area contributed by atoms with E-state index in [1.165, 1.54) is 30.3 Å². The minimum absolute atomic E-state index is 0.112. The third-order valence-electron chi connectivity index (χ3n) is 3.94. The summed E-state index contributed by atoms with van der Waals surface area (Å²) in [6.45, 7) is -0.455. The van der Waals surface area contributed by atoms with E-state index in [2.05, 4.69) is 5.32 Å². The fraction of sp³-hybridized carbons (Fsp3) is 0.263. The number of anilines is 1. The molecular weight excluding hydrogens is 455 g/mol. The summed E-state index contributed by atoms with van der Waals surface area (Å²) in [4.78, 5) is 34.6. The van der Waals surface area contributed by atoms with Gasteiger partial charge in [-0.15, -0.1) is 0 Å². The molecule has 1 heterocycles. The van der Waals surface area contributed by atoms with Crippen LogP contribution in [0.5, 0.6) is 17.2 Å². The van der Waals surface area contributed by atoms with Gasteiger partial charge in [0.1, 0.15) is 11.4 Å². The maximum atomic E-state index is 12.1. The second-order valence-electron chi connectivity index (χ2n) is 6.20.